The van der Waals surface area contributed by atoms with Gasteiger partial charge in [0.15, 0.2) is 23.0 Å². The summed E-state index contributed by atoms with van der Waals surface area (Å²) in [5.41, 5.74) is 6.69. The fraction of sp³-hybridized carbons (Fsp3) is 0.200. The van der Waals surface area contributed by atoms with E-state index in [-0.39, 0.29) is 10.8 Å². The zero-order chi connectivity index (χ0) is 50.6. The zero-order valence-corrected chi connectivity index (χ0v) is 45.0. The monoisotopic (exact) mass is 1020 g/mol. The van der Waals surface area contributed by atoms with Gasteiger partial charge in [-0.25, -0.2) is 0 Å². The van der Waals surface area contributed by atoms with Crippen LogP contribution in [0.1, 0.15) is 74.9 Å². The van der Waals surface area contributed by atoms with Gasteiger partial charge in [-0.15, -0.1) is 5.09 Å². The molecule has 0 bridgehead atoms. The third-order valence-corrected chi connectivity index (χ3v) is 19.7. The first-order chi connectivity index (χ1) is 34.7. The van der Waals surface area contributed by atoms with Crippen LogP contribution in [0, 0.1) is 13.8 Å². The van der Waals surface area contributed by atoms with E-state index in [0.717, 1.165) is 11.1 Å². The topological polar surface area (TPSA) is 91.5 Å². The third kappa shape index (κ3) is 13.2. The van der Waals surface area contributed by atoms with Crippen LogP contribution in [0.3, 0.4) is 0 Å². The largest absolute Gasteiger partial charge is 0.532 e. The lowest BCUT2D eigenvalue weighted by molar-refractivity contribution is 0.400. The molecule has 0 saturated carbocycles. The van der Waals surface area contributed by atoms with Crippen LogP contribution >= 0.6 is 24.4 Å². The molecule has 0 aliphatic heterocycles. The lowest BCUT2D eigenvalue weighted by Gasteiger charge is -2.32. The molecule has 8 rings (SSSR count). The van der Waals surface area contributed by atoms with Crippen LogP contribution in [0.15, 0.2) is 218 Å². The van der Waals surface area contributed by atoms with Crippen LogP contribution in [0.2, 0.25) is 0 Å². The molecule has 0 aliphatic carbocycles. The maximum absolute atomic E-state index is 7.25. The Morgan fingerprint density at radius 3 is 1.10 bits per heavy atom. The summed E-state index contributed by atoms with van der Waals surface area (Å²) in [5.74, 6) is 2.93. The van der Waals surface area contributed by atoms with Crippen LogP contribution in [0.25, 0.3) is 0 Å². The van der Waals surface area contributed by atoms with Gasteiger partial charge < -0.3 is 9.05 Å². The van der Waals surface area contributed by atoms with E-state index < -0.39 is 30.2 Å². The molecule has 3 unspecified atom stereocenters. The van der Waals surface area contributed by atoms with Gasteiger partial charge in [0, 0.05) is 17.4 Å². The van der Waals surface area contributed by atoms with Crippen molar-refractivity contribution >= 4 is 24.4 Å². The molecule has 9 nitrogen and oxygen atoms in total. The van der Waals surface area contributed by atoms with Gasteiger partial charge in [-0.1, -0.05) is 190 Å². The number of hydrogen-bond acceptors (Lipinski definition) is 9. The lowest BCUT2D eigenvalue weighted by atomic mass is 9.78. The van der Waals surface area contributed by atoms with Crippen molar-refractivity contribution in [3.8, 4) is 34.5 Å². The average molecular weight is 1020 g/mol. The first kappa shape index (κ1) is 52.1. The SMILES string of the molecule is CCN[P+](Oc1ccccc1)(Oc1ccc(C(C)(C)c2ccc(C)cc2)cc1)C(C)N[P+](NP(Oc1ccccc1)Oc1ccc(C(C)(C)c2ccc(C)cc2)cc1)(Oc1ccccc1)Oc1ccccc1. The molecule has 3 atom stereocenters. The second-order valence-corrected chi connectivity index (χ2v) is 24.7. The minimum Gasteiger partial charge on any atom is -0.425 e. The van der Waals surface area contributed by atoms with Crippen LogP contribution in [0.5, 0.6) is 34.5 Å². The summed E-state index contributed by atoms with van der Waals surface area (Å²) in [5, 5.41) is 7.57. The summed E-state index contributed by atoms with van der Waals surface area (Å²) in [6.45, 7) is 17.8. The van der Waals surface area contributed by atoms with Gasteiger partial charge in [-0.2, -0.15) is 0 Å². The van der Waals surface area contributed by atoms with E-state index in [1.807, 2.05) is 159 Å². The van der Waals surface area contributed by atoms with Gasteiger partial charge in [0.25, 0.3) is 0 Å². The number of hydrogen-bond donors (Lipinski definition) is 3. The van der Waals surface area contributed by atoms with Crippen molar-refractivity contribution in [2.24, 2.45) is 0 Å². The maximum Gasteiger partial charge on any atom is 0.532 e. The quantitative estimate of drug-likeness (QED) is 0.0542. The number of aryl methyl sites for hydroxylation is 2. The van der Waals surface area contributed by atoms with Gasteiger partial charge in [0.1, 0.15) is 11.5 Å². The highest BCUT2D eigenvalue weighted by molar-refractivity contribution is 7.73. The minimum atomic E-state index is -3.70. The molecule has 0 fully saturated rings. The summed E-state index contributed by atoms with van der Waals surface area (Å²) < 4.78 is 42.5. The number of benzene rings is 8. The summed E-state index contributed by atoms with van der Waals surface area (Å²) >= 11 is 0. The van der Waals surface area contributed by atoms with Gasteiger partial charge in [0.2, 0.25) is 5.78 Å². The molecule has 72 heavy (non-hydrogen) atoms. The van der Waals surface area contributed by atoms with Crippen molar-refractivity contribution in [3.63, 3.8) is 0 Å². The fourth-order valence-electron chi connectivity index (χ4n) is 8.09. The molecular formula is C60H66N3O6P3+2. The maximum atomic E-state index is 7.25. The van der Waals surface area contributed by atoms with E-state index in [2.05, 4.69) is 129 Å². The fourth-order valence-corrected chi connectivity index (χ4v) is 15.1. The van der Waals surface area contributed by atoms with Crippen molar-refractivity contribution < 1.29 is 27.1 Å². The summed E-state index contributed by atoms with van der Waals surface area (Å²) in [6, 6.07) is 72.5. The molecule has 3 N–H and O–H groups in total. The van der Waals surface area contributed by atoms with E-state index >= 15 is 0 Å². The van der Waals surface area contributed by atoms with E-state index in [1.165, 1.54) is 22.3 Å². The van der Waals surface area contributed by atoms with Crippen molar-refractivity contribution in [1.82, 2.24) is 15.0 Å². The standard InChI is InChI=1S/C60H66N3O6P3/c1-9-61-71(66-55-24-16-11-17-25-55,67-58-44-40-52(41-45-58)60(7,8)50-36-32-47(3)33-37-50)48(4)62-72(68-56-26-18-12-19-27-56,69-57-28-20-13-21-29-57)63-70(64-53-22-14-10-15-23-53)65-54-42-38-51(39-43-54)59(5,6)49-34-30-46(2)31-35-49/h10-45,48,61-63H,9H2,1-8H3/q+2. The van der Waals surface area contributed by atoms with Crippen molar-refractivity contribution in [3.05, 3.63) is 252 Å². The minimum absolute atomic E-state index is 0.253. The van der Waals surface area contributed by atoms with Crippen molar-refractivity contribution in [2.75, 3.05) is 6.54 Å². The molecule has 0 saturated heterocycles. The van der Waals surface area contributed by atoms with E-state index in [1.54, 1.807) is 0 Å². The molecule has 0 aromatic heterocycles. The Morgan fingerprint density at radius 1 is 0.417 bits per heavy atom. The van der Waals surface area contributed by atoms with Gasteiger partial charge in [0.05, 0.1) is 0 Å². The van der Waals surface area contributed by atoms with Crippen LogP contribution in [0.4, 0.5) is 0 Å². The Kier molecular flexibility index (Phi) is 17.0. The summed E-state index contributed by atoms with van der Waals surface area (Å²) in [6.07, 6.45) is 0. The zero-order valence-electron chi connectivity index (χ0n) is 42.4. The van der Waals surface area contributed by atoms with Gasteiger partial charge in [-0.3, -0.25) is 18.1 Å². The predicted molar refractivity (Wildman–Crippen MR) is 299 cm³/mol. The Morgan fingerprint density at radius 2 is 0.722 bits per heavy atom. The van der Waals surface area contributed by atoms with Crippen molar-refractivity contribution in [1.29, 1.82) is 0 Å². The Hall–Kier alpha value is -6.27. The molecule has 0 spiro atoms. The van der Waals surface area contributed by atoms with E-state index in [4.69, 9.17) is 27.1 Å². The van der Waals surface area contributed by atoms with Gasteiger partial charge >= 0.3 is 24.4 Å². The normalized spacial score (nSPS) is 13.5. The molecule has 8 aromatic rings. The first-order valence-electron chi connectivity index (χ1n) is 24.3. The molecule has 0 aliphatic rings. The molecule has 8 aromatic carbocycles. The number of rotatable bonds is 23. The molecule has 370 valence electrons. The second-order valence-electron chi connectivity index (χ2n) is 18.7. The number of para-hydroxylation sites is 4. The van der Waals surface area contributed by atoms with E-state index in [9.17, 15) is 0 Å². The third-order valence-electron chi connectivity index (χ3n) is 12.5. The average Bonchev–Trinajstić information content (AvgIpc) is 3.38. The second kappa shape index (κ2) is 23.5. The number of nitrogens with one attached hydrogen (secondary N) is 3. The smallest absolute Gasteiger partial charge is 0.425 e. The summed E-state index contributed by atoms with van der Waals surface area (Å²) in [4.78, 5) is 3.71. The lowest BCUT2D eigenvalue weighted by Crippen LogP contribution is -2.45. The highest BCUT2D eigenvalue weighted by Gasteiger charge is 2.62. The van der Waals surface area contributed by atoms with Crippen molar-refractivity contribution in [2.45, 2.75) is 72.0 Å². The first-order valence-corrected chi connectivity index (χ1v) is 28.8. The Balaban J connectivity index is 1.20. The van der Waals surface area contributed by atoms with E-state index in [0.29, 0.717) is 41.0 Å². The Bertz CT molecular complexity index is 2860. The molecular weight excluding hydrogens is 952 g/mol. The molecule has 12 heteroatoms. The predicted octanol–water partition coefficient (Wildman–Crippen LogP) is 16.5. The Labute approximate surface area is 429 Å². The molecule has 0 amide bonds. The molecule has 0 heterocycles. The molecule has 0 radical (unpaired) electrons. The van der Waals surface area contributed by atoms with Crippen LogP contribution in [-0.2, 0) is 10.8 Å². The van der Waals surface area contributed by atoms with Gasteiger partial charge in [-0.05, 0) is 128 Å². The summed E-state index contributed by atoms with van der Waals surface area (Å²) in [7, 11) is -9.08. The highest BCUT2D eigenvalue weighted by atomic mass is 31.3. The van der Waals surface area contributed by atoms with Crippen LogP contribution < -0.4 is 42.2 Å². The van der Waals surface area contributed by atoms with Crippen LogP contribution in [-0.4, -0.2) is 12.3 Å². The highest BCUT2D eigenvalue weighted by Crippen LogP contribution is 2.66.